The van der Waals surface area contributed by atoms with Gasteiger partial charge in [-0.25, -0.2) is 4.39 Å². The molecule has 0 bridgehead atoms. The quantitative estimate of drug-likeness (QED) is 0.802. The first kappa shape index (κ1) is 11.6. The highest BCUT2D eigenvalue weighted by Crippen LogP contribution is 2.38. The Hall–Kier alpha value is -1.46. The first-order valence-corrected chi connectivity index (χ1v) is 5.89. The number of aliphatic hydroxyl groups excluding tert-OH is 1. The maximum atomic E-state index is 14.3. The van der Waals surface area contributed by atoms with E-state index >= 15 is 0 Å². The molecule has 2 fully saturated rings. The summed E-state index contributed by atoms with van der Waals surface area (Å²) >= 11 is 0. The van der Waals surface area contributed by atoms with Gasteiger partial charge in [0.05, 0.1) is 6.42 Å². The van der Waals surface area contributed by atoms with Gasteiger partial charge < -0.3 is 14.6 Å². The van der Waals surface area contributed by atoms with E-state index < -0.39 is 36.6 Å². The molecular weight excluding hydrogens is 239 g/mol. The monoisotopic (exact) mass is 252 g/mol. The molecule has 0 radical (unpaired) electrons. The van der Waals surface area contributed by atoms with Crippen LogP contribution in [0.15, 0.2) is 30.3 Å². The van der Waals surface area contributed by atoms with Crippen molar-refractivity contribution in [3.05, 3.63) is 35.9 Å². The van der Waals surface area contributed by atoms with Crippen molar-refractivity contribution in [1.82, 2.24) is 0 Å². The Labute approximate surface area is 103 Å². The van der Waals surface area contributed by atoms with Gasteiger partial charge in [-0.05, 0) is 5.56 Å². The molecule has 1 aromatic rings. The lowest BCUT2D eigenvalue weighted by Crippen LogP contribution is -2.34. The predicted octanol–water partition coefficient (Wildman–Crippen LogP) is 1.14. The minimum Gasteiger partial charge on any atom is -0.457 e. The molecule has 3 rings (SSSR count). The number of carbonyl (C=O) groups is 1. The molecule has 2 heterocycles. The van der Waals surface area contributed by atoms with E-state index in [1.54, 1.807) is 30.3 Å². The first-order valence-electron chi connectivity index (χ1n) is 5.89. The number of benzene rings is 1. The molecule has 5 heteroatoms. The van der Waals surface area contributed by atoms with Gasteiger partial charge >= 0.3 is 5.97 Å². The lowest BCUT2D eigenvalue weighted by atomic mass is 10.00. The van der Waals surface area contributed by atoms with Crippen LogP contribution in [0.1, 0.15) is 18.2 Å². The molecule has 4 nitrogen and oxygen atoms in total. The number of halogens is 1. The molecule has 2 aliphatic heterocycles. The summed E-state index contributed by atoms with van der Waals surface area (Å²) < 4.78 is 24.6. The summed E-state index contributed by atoms with van der Waals surface area (Å²) in [6, 6.07) is 8.52. The Morgan fingerprint density at radius 2 is 2.06 bits per heavy atom. The highest BCUT2D eigenvalue weighted by Gasteiger charge is 2.53. The lowest BCUT2D eigenvalue weighted by Gasteiger charge is -2.20. The standard InChI is InChI=1S/C13H13FO4/c14-10(7-4-2-1-3-5-7)13-11(16)12-8(17-13)6-9(15)18-12/h1-5,8,10-13,16H,6H2/t8-,10-,11-,12+,13-/m1/s1. The molecule has 5 atom stereocenters. The van der Waals surface area contributed by atoms with Crippen LogP contribution in [-0.2, 0) is 14.3 Å². The number of hydrogen-bond acceptors (Lipinski definition) is 4. The maximum absolute atomic E-state index is 14.3. The fraction of sp³-hybridized carbons (Fsp3) is 0.462. The number of carbonyl (C=O) groups excluding carboxylic acids is 1. The average molecular weight is 252 g/mol. The molecule has 0 saturated carbocycles. The molecule has 2 aliphatic rings. The second-order valence-corrected chi connectivity index (χ2v) is 4.60. The highest BCUT2D eigenvalue weighted by atomic mass is 19.1. The highest BCUT2D eigenvalue weighted by molar-refractivity contribution is 5.73. The Kier molecular flexibility index (Phi) is 2.80. The molecular formula is C13H13FO4. The van der Waals surface area contributed by atoms with E-state index in [0.29, 0.717) is 5.56 Å². The molecule has 0 amide bonds. The van der Waals surface area contributed by atoms with Gasteiger partial charge in [-0.15, -0.1) is 0 Å². The maximum Gasteiger partial charge on any atom is 0.309 e. The second kappa shape index (κ2) is 4.33. The number of esters is 1. The van der Waals surface area contributed by atoms with Gasteiger partial charge in [-0.1, -0.05) is 30.3 Å². The van der Waals surface area contributed by atoms with Crippen molar-refractivity contribution in [2.75, 3.05) is 0 Å². The third kappa shape index (κ3) is 1.79. The van der Waals surface area contributed by atoms with E-state index in [0.717, 1.165) is 0 Å². The van der Waals surface area contributed by atoms with Crippen molar-refractivity contribution in [2.45, 2.75) is 37.0 Å². The topological polar surface area (TPSA) is 55.8 Å². The van der Waals surface area contributed by atoms with Gasteiger partial charge in [0.1, 0.15) is 18.3 Å². The molecule has 1 N–H and O–H groups in total. The Balaban J connectivity index is 1.77. The van der Waals surface area contributed by atoms with Crippen molar-refractivity contribution in [1.29, 1.82) is 0 Å². The van der Waals surface area contributed by atoms with Crippen LogP contribution in [0.5, 0.6) is 0 Å². The largest absolute Gasteiger partial charge is 0.457 e. The third-order valence-electron chi connectivity index (χ3n) is 3.41. The van der Waals surface area contributed by atoms with Gasteiger partial charge in [0.15, 0.2) is 12.3 Å². The normalized spacial score (nSPS) is 36.2. The van der Waals surface area contributed by atoms with Crippen molar-refractivity contribution in [2.24, 2.45) is 0 Å². The molecule has 96 valence electrons. The van der Waals surface area contributed by atoms with Crippen LogP contribution in [-0.4, -0.2) is 35.5 Å². The minimum absolute atomic E-state index is 0.0831. The van der Waals surface area contributed by atoms with E-state index in [9.17, 15) is 14.3 Å². The number of hydrogen-bond donors (Lipinski definition) is 1. The van der Waals surface area contributed by atoms with Gasteiger partial charge in [0.2, 0.25) is 0 Å². The molecule has 0 spiro atoms. The number of alkyl halides is 1. The van der Waals surface area contributed by atoms with Crippen LogP contribution < -0.4 is 0 Å². The van der Waals surface area contributed by atoms with E-state index in [-0.39, 0.29) is 6.42 Å². The zero-order valence-corrected chi connectivity index (χ0v) is 9.53. The first-order chi connectivity index (χ1) is 8.66. The Morgan fingerprint density at radius 1 is 1.33 bits per heavy atom. The third-order valence-corrected chi connectivity index (χ3v) is 3.41. The molecule has 1 aromatic carbocycles. The van der Waals surface area contributed by atoms with Crippen molar-refractivity contribution in [3.8, 4) is 0 Å². The van der Waals surface area contributed by atoms with E-state index in [4.69, 9.17) is 9.47 Å². The van der Waals surface area contributed by atoms with Gasteiger partial charge in [-0.3, -0.25) is 4.79 Å². The lowest BCUT2D eigenvalue weighted by molar-refractivity contribution is -0.146. The number of ether oxygens (including phenoxy) is 2. The van der Waals surface area contributed by atoms with Crippen LogP contribution in [0.2, 0.25) is 0 Å². The fourth-order valence-corrected chi connectivity index (χ4v) is 2.51. The zero-order valence-electron chi connectivity index (χ0n) is 9.53. The van der Waals surface area contributed by atoms with E-state index in [1.165, 1.54) is 0 Å². The summed E-state index contributed by atoms with van der Waals surface area (Å²) in [5.74, 6) is -0.405. The summed E-state index contributed by atoms with van der Waals surface area (Å²) in [5.41, 5.74) is 0.452. The van der Waals surface area contributed by atoms with Crippen molar-refractivity contribution in [3.63, 3.8) is 0 Å². The number of aliphatic hydroxyl groups is 1. The predicted molar refractivity (Wildman–Crippen MR) is 59.5 cm³/mol. The smallest absolute Gasteiger partial charge is 0.309 e. The van der Waals surface area contributed by atoms with E-state index in [2.05, 4.69) is 0 Å². The van der Waals surface area contributed by atoms with Gasteiger partial charge in [-0.2, -0.15) is 0 Å². The zero-order chi connectivity index (χ0) is 12.7. The van der Waals surface area contributed by atoms with Crippen molar-refractivity contribution >= 4 is 5.97 Å². The Morgan fingerprint density at radius 3 is 2.72 bits per heavy atom. The summed E-state index contributed by atoms with van der Waals surface area (Å²) in [7, 11) is 0. The second-order valence-electron chi connectivity index (χ2n) is 4.60. The molecule has 0 aliphatic carbocycles. The molecule has 18 heavy (non-hydrogen) atoms. The summed E-state index contributed by atoms with van der Waals surface area (Å²) in [6.45, 7) is 0. The molecule has 0 unspecified atom stereocenters. The minimum atomic E-state index is -1.43. The van der Waals surface area contributed by atoms with Crippen LogP contribution in [0.3, 0.4) is 0 Å². The average Bonchev–Trinajstić information content (AvgIpc) is 2.88. The van der Waals surface area contributed by atoms with Gasteiger partial charge in [0.25, 0.3) is 0 Å². The van der Waals surface area contributed by atoms with Crippen LogP contribution >= 0.6 is 0 Å². The summed E-state index contributed by atoms with van der Waals surface area (Å²) in [6.07, 6.45) is -4.69. The van der Waals surface area contributed by atoms with E-state index in [1.807, 2.05) is 0 Å². The van der Waals surface area contributed by atoms with Crippen molar-refractivity contribution < 1.29 is 23.8 Å². The van der Waals surface area contributed by atoms with Crippen LogP contribution in [0.4, 0.5) is 4.39 Å². The number of fused-ring (bicyclic) bond motifs is 1. The Bertz CT molecular complexity index is 450. The SMILES string of the molecule is O=C1C[C@H]2O[C@H]([C@H](F)c3ccccc3)[C@H](O)[C@H]2O1. The van der Waals surface area contributed by atoms with Crippen LogP contribution in [0, 0.1) is 0 Å². The summed E-state index contributed by atoms with van der Waals surface area (Å²) in [5, 5.41) is 9.97. The fourth-order valence-electron chi connectivity index (χ4n) is 2.51. The van der Waals surface area contributed by atoms with Gasteiger partial charge in [0, 0.05) is 0 Å². The van der Waals surface area contributed by atoms with Crippen LogP contribution in [0.25, 0.3) is 0 Å². The molecule has 0 aromatic heterocycles. The summed E-state index contributed by atoms with van der Waals surface area (Å²) in [4.78, 5) is 11.0. The number of rotatable bonds is 2. The molecule has 2 saturated heterocycles.